The molecule has 3 heteroatoms. The predicted octanol–water partition coefficient (Wildman–Crippen LogP) is 3.58. The van der Waals surface area contributed by atoms with Gasteiger partial charge < -0.3 is 4.74 Å². The Morgan fingerprint density at radius 1 is 1.40 bits per heavy atom. The average Bonchev–Trinajstić information content (AvgIpc) is 2.58. The number of carbonyl (C=O) groups excluding carboxylic acids is 1. The molecule has 0 spiro atoms. The lowest BCUT2D eigenvalue weighted by atomic mass is 10.1. The van der Waals surface area contributed by atoms with Crippen molar-refractivity contribution in [2.24, 2.45) is 0 Å². The first-order valence-corrected chi connectivity index (χ1v) is 6.27. The molecule has 0 bridgehead atoms. The number of rotatable bonds is 5. The van der Waals surface area contributed by atoms with Crippen molar-refractivity contribution in [2.45, 2.75) is 40.0 Å². The zero-order chi connectivity index (χ0) is 11.3. The Bertz CT molecular complexity index is 328. The Morgan fingerprint density at radius 3 is 2.73 bits per heavy atom. The van der Waals surface area contributed by atoms with E-state index in [2.05, 4.69) is 13.8 Å². The fraction of sp³-hybridized carbons (Fsp3) is 0.583. The second-order valence-electron chi connectivity index (χ2n) is 3.58. The molecule has 1 rings (SSSR count). The van der Waals surface area contributed by atoms with Crippen LogP contribution in [0.3, 0.4) is 0 Å². The molecular formula is C12H18O2S. The highest BCUT2D eigenvalue weighted by molar-refractivity contribution is 7.14. The van der Waals surface area contributed by atoms with E-state index in [1.54, 1.807) is 0 Å². The van der Waals surface area contributed by atoms with Gasteiger partial charge >= 0.3 is 5.97 Å². The van der Waals surface area contributed by atoms with Gasteiger partial charge in [0.2, 0.25) is 0 Å². The van der Waals surface area contributed by atoms with E-state index in [-0.39, 0.29) is 5.97 Å². The lowest BCUT2D eigenvalue weighted by Gasteiger charge is -1.98. The predicted molar refractivity (Wildman–Crippen MR) is 63.6 cm³/mol. The molecule has 0 saturated carbocycles. The number of hydrogen-bond donors (Lipinski definition) is 0. The maximum Gasteiger partial charge on any atom is 0.348 e. The average molecular weight is 226 g/mol. The first-order valence-electron chi connectivity index (χ1n) is 5.45. The standard InChI is InChI=1S/C12H18O2S/c1-4-6-10-8-11(15-9(10)3)12(13)14-7-5-2/h8H,4-7H2,1-3H3. The van der Waals surface area contributed by atoms with Crippen molar-refractivity contribution in [2.75, 3.05) is 6.61 Å². The Hall–Kier alpha value is -0.830. The van der Waals surface area contributed by atoms with E-state index in [0.717, 1.165) is 24.1 Å². The van der Waals surface area contributed by atoms with Crippen LogP contribution in [0, 0.1) is 6.92 Å². The third kappa shape index (κ3) is 3.34. The van der Waals surface area contributed by atoms with Crippen LogP contribution in [0.5, 0.6) is 0 Å². The highest BCUT2D eigenvalue weighted by Gasteiger charge is 2.12. The quantitative estimate of drug-likeness (QED) is 0.717. The third-order valence-electron chi connectivity index (χ3n) is 2.18. The van der Waals surface area contributed by atoms with Crippen LogP contribution >= 0.6 is 11.3 Å². The fourth-order valence-corrected chi connectivity index (χ4v) is 2.37. The van der Waals surface area contributed by atoms with Crippen LogP contribution in [-0.2, 0) is 11.2 Å². The first kappa shape index (κ1) is 12.2. The third-order valence-corrected chi connectivity index (χ3v) is 3.25. The zero-order valence-corrected chi connectivity index (χ0v) is 10.4. The number of aryl methyl sites for hydroxylation is 2. The molecule has 0 aromatic carbocycles. The Morgan fingerprint density at radius 2 is 2.13 bits per heavy atom. The van der Waals surface area contributed by atoms with Crippen LogP contribution in [0.15, 0.2) is 6.07 Å². The molecule has 2 nitrogen and oxygen atoms in total. The van der Waals surface area contributed by atoms with Gasteiger partial charge in [0.25, 0.3) is 0 Å². The van der Waals surface area contributed by atoms with Gasteiger partial charge in [0, 0.05) is 4.88 Å². The Kier molecular flexibility index (Phi) is 4.82. The highest BCUT2D eigenvalue weighted by Crippen LogP contribution is 2.23. The summed E-state index contributed by atoms with van der Waals surface area (Å²) in [5.41, 5.74) is 1.28. The second-order valence-corrected chi connectivity index (χ2v) is 4.83. The Balaban J connectivity index is 2.69. The van der Waals surface area contributed by atoms with Gasteiger partial charge in [0.1, 0.15) is 4.88 Å². The van der Waals surface area contributed by atoms with Crippen LogP contribution < -0.4 is 0 Å². The van der Waals surface area contributed by atoms with Crippen LogP contribution in [-0.4, -0.2) is 12.6 Å². The molecule has 1 aromatic heterocycles. The number of ether oxygens (including phenoxy) is 1. The molecule has 0 aliphatic rings. The summed E-state index contributed by atoms with van der Waals surface area (Å²) in [6, 6.07) is 1.97. The summed E-state index contributed by atoms with van der Waals surface area (Å²) in [4.78, 5) is 13.5. The molecule has 15 heavy (non-hydrogen) atoms. The second kappa shape index (κ2) is 5.91. The van der Waals surface area contributed by atoms with E-state index < -0.39 is 0 Å². The maximum atomic E-state index is 11.6. The van der Waals surface area contributed by atoms with Crippen molar-refractivity contribution in [3.05, 3.63) is 21.4 Å². The lowest BCUT2D eigenvalue weighted by Crippen LogP contribution is -2.03. The minimum absolute atomic E-state index is 0.174. The van der Waals surface area contributed by atoms with Gasteiger partial charge in [-0.15, -0.1) is 11.3 Å². The van der Waals surface area contributed by atoms with Gasteiger partial charge in [0.05, 0.1) is 6.61 Å². The molecular weight excluding hydrogens is 208 g/mol. The SMILES string of the molecule is CCCOC(=O)c1cc(CCC)c(C)s1. The van der Waals surface area contributed by atoms with Crippen molar-refractivity contribution < 1.29 is 9.53 Å². The Labute approximate surface area is 95.3 Å². The minimum Gasteiger partial charge on any atom is -0.462 e. The molecule has 84 valence electrons. The molecule has 0 unspecified atom stereocenters. The van der Waals surface area contributed by atoms with Crippen LogP contribution in [0.4, 0.5) is 0 Å². The van der Waals surface area contributed by atoms with E-state index in [9.17, 15) is 4.79 Å². The molecule has 0 fully saturated rings. The van der Waals surface area contributed by atoms with E-state index in [4.69, 9.17) is 4.74 Å². The summed E-state index contributed by atoms with van der Waals surface area (Å²) in [6.07, 6.45) is 3.03. The van der Waals surface area contributed by atoms with Gasteiger partial charge in [-0.25, -0.2) is 4.79 Å². The number of hydrogen-bond acceptors (Lipinski definition) is 3. The zero-order valence-electron chi connectivity index (χ0n) is 9.63. The normalized spacial score (nSPS) is 10.3. The lowest BCUT2D eigenvalue weighted by molar-refractivity contribution is 0.0511. The summed E-state index contributed by atoms with van der Waals surface area (Å²) in [6.45, 7) is 6.72. The maximum absolute atomic E-state index is 11.6. The molecule has 0 aliphatic carbocycles. The summed E-state index contributed by atoms with van der Waals surface area (Å²) in [7, 11) is 0. The fourth-order valence-electron chi connectivity index (χ4n) is 1.40. The van der Waals surface area contributed by atoms with E-state index in [0.29, 0.717) is 6.61 Å². The van der Waals surface area contributed by atoms with Gasteiger partial charge in [-0.1, -0.05) is 20.3 Å². The summed E-state index contributed by atoms with van der Waals surface area (Å²) >= 11 is 1.54. The molecule has 0 N–H and O–H groups in total. The topological polar surface area (TPSA) is 26.3 Å². The molecule has 1 heterocycles. The van der Waals surface area contributed by atoms with Crippen molar-refractivity contribution >= 4 is 17.3 Å². The summed E-state index contributed by atoms with van der Waals surface area (Å²) < 4.78 is 5.10. The van der Waals surface area contributed by atoms with Crippen molar-refractivity contribution in [3.8, 4) is 0 Å². The van der Waals surface area contributed by atoms with Gasteiger partial charge in [0.15, 0.2) is 0 Å². The van der Waals surface area contributed by atoms with E-state index in [1.807, 2.05) is 13.0 Å². The molecule has 1 aromatic rings. The molecule has 0 atom stereocenters. The minimum atomic E-state index is -0.174. The summed E-state index contributed by atoms with van der Waals surface area (Å²) in [5.74, 6) is -0.174. The van der Waals surface area contributed by atoms with E-state index >= 15 is 0 Å². The molecule has 0 amide bonds. The monoisotopic (exact) mass is 226 g/mol. The van der Waals surface area contributed by atoms with Crippen molar-refractivity contribution in [1.82, 2.24) is 0 Å². The largest absolute Gasteiger partial charge is 0.462 e. The number of thiophene rings is 1. The van der Waals surface area contributed by atoms with Crippen molar-refractivity contribution in [3.63, 3.8) is 0 Å². The van der Waals surface area contributed by atoms with Gasteiger partial charge in [-0.05, 0) is 31.4 Å². The smallest absolute Gasteiger partial charge is 0.348 e. The van der Waals surface area contributed by atoms with Gasteiger partial charge in [-0.3, -0.25) is 0 Å². The highest BCUT2D eigenvalue weighted by atomic mass is 32.1. The van der Waals surface area contributed by atoms with Crippen molar-refractivity contribution in [1.29, 1.82) is 0 Å². The number of esters is 1. The van der Waals surface area contributed by atoms with Gasteiger partial charge in [-0.2, -0.15) is 0 Å². The molecule has 0 aliphatic heterocycles. The summed E-state index contributed by atoms with van der Waals surface area (Å²) in [5, 5.41) is 0. The number of carbonyl (C=O) groups is 1. The van der Waals surface area contributed by atoms with Crippen LogP contribution in [0.1, 0.15) is 46.8 Å². The van der Waals surface area contributed by atoms with E-state index in [1.165, 1.54) is 21.8 Å². The van der Waals surface area contributed by atoms with Crippen LogP contribution in [0.2, 0.25) is 0 Å². The van der Waals surface area contributed by atoms with Crippen LogP contribution in [0.25, 0.3) is 0 Å². The first-order chi connectivity index (χ1) is 7.19. The molecule has 0 saturated heterocycles. The molecule has 0 radical (unpaired) electrons.